The zero-order valence-electron chi connectivity index (χ0n) is 16.6. The largest absolute Gasteiger partial charge is 0.457 e. The highest BCUT2D eigenvalue weighted by Crippen LogP contribution is 2.68. The van der Waals surface area contributed by atoms with Crippen LogP contribution in [0, 0.1) is 28.6 Å². The minimum atomic E-state index is -0.950. The van der Waals surface area contributed by atoms with Gasteiger partial charge < -0.3 is 19.3 Å². The lowest BCUT2D eigenvalue weighted by atomic mass is 9.44. The number of fused-ring (bicyclic) bond motifs is 2. The summed E-state index contributed by atoms with van der Waals surface area (Å²) in [5.41, 5.74) is -0.0661. The molecule has 2 heterocycles. The average molecular weight is 378 g/mol. The van der Waals surface area contributed by atoms with Gasteiger partial charge >= 0.3 is 11.9 Å². The van der Waals surface area contributed by atoms with Gasteiger partial charge in [0.2, 0.25) is 5.79 Å². The van der Waals surface area contributed by atoms with Crippen molar-refractivity contribution in [1.82, 2.24) is 0 Å². The third kappa shape index (κ3) is 2.59. The highest BCUT2D eigenvalue weighted by atomic mass is 16.7. The zero-order chi connectivity index (χ0) is 19.8. The molecule has 150 valence electrons. The number of hydrogen-bond acceptors (Lipinski definition) is 6. The van der Waals surface area contributed by atoms with Gasteiger partial charge in [-0.1, -0.05) is 13.5 Å². The molecule has 5 rings (SSSR count). The molecule has 0 aromatic heterocycles. The first-order valence-electron chi connectivity index (χ1n) is 9.95. The van der Waals surface area contributed by atoms with E-state index in [0.717, 1.165) is 18.4 Å². The van der Waals surface area contributed by atoms with Crippen LogP contribution in [-0.4, -0.2) is 41.6 Å². The van der Waals surface area contributed by atoms with E-state index in [-0.39, 0.29) is 29.3 Å². The summed E-state index contributed by atoms with van der Waals surface area (Å²) in [6.45, 7) is 11.7. The van der Waals surface area contributed by atoms with Crippen LogP contribution in [-0.2, 0) is 23.8 Å². The third-order valence-corrected chi connectivity index (χ3v) is 7.72. The SMILES string of the molecule is C=C1[C@@H](OC(=O)C(C)(C)C(C)O)C[C@H]2C[C@@H]1[C@@]21CO[C@@]2(C[C@H](C)C(=O)O2)C1. The fourth-order valence-electron chi connectivity index (χ4n) is 5.37. The van der Waals surface area contributed by atoms with Gasteiger partial charge in [-0.25, -0.2) is 0 Å². The molecule has 7 atom stereocenters. The Balaban J connectivity index is 1.46. The number of carbonyl (C=O) groups is 2. The Morgan fingerprint density at radius 3 is 2.67 bits per heavy atom. The van der Waals surface area contributed by atoms with Crippen molar-refractivity contribution < 1.29 is 28.9 Å². The molecule has 2 bridgehead atoms. The van der Waals surface area contributed by atoms with Gasteiger partial charge in [0, 0.05) is 18.3 Å². The van der Waals surface area contributed by atoms with Crippen molar-refractivity contribution in [2.24, 2.45) is 28.6 Å². The molecule has 2 aliphatic heterocycles. The van der Waals surface area contributed by atoms with Crippen LogP contribution in [0.3, 0.4) is 0 Å². The Kier molecular flexibility index (Phi) is 4.07. The molecule has 0 aromatic carbocycles. The predicted molar refractivity (Wildman–Crippen MR) is 96.3 cm³/mol. The quantitative estimate of drug-likeness (QED) is 0.600. The Labute approximate surface area is 160 Å². The molecule has 5 fully saturated rings. The number of esters is 2. The van der Waals surface area contributed by atoms with Gasteiger partial charge in [-0.05, 0) is 51.0 Å². The molecule has 6 heteroatoms. The fourth-order valence-corrected chi connectivity index (χ4v) is 5.37. The standard InChI is InChI=1S/C21H30O6/c1-11-8-21(27-17(11)23)9-20(10-25-21)14-6-15(20)12(2)16(7-14)26-18(24)19(4,5)13(3)22/h11,13-16,22H,2,6-10H2,1,3-5H3/t11-,13?,14+,15-,16-,20-,21+/m0/s1. The van der Waals surface area contributed by atoms with E-state index in [4.69, 9.17) is 14.2 Å². The lowest BCUT2D eigenvalue weighted by Crippen LogP contribution is -2.58. The van der Waals surface area contributed by atoms with Gasteiger partial charge in [0.25, 0.3) is 0 Å². The smallest absolute Gasteiger partial charge is 0.314 e. The summed E-state index contributed by atoms with van der Waals surface area (Å²) in [6.07, 6.45) is 1.97. The molecule has 1 N–H and O–H groups in total. The topological polar surface area (TPSA) is 82.1 Å². The van der Waals surface area contributed by atoms with Crippen LogP contribution in [0.15, 0.2) is 12.2 Å². The second-order valence-corrected chi connectivity index (χ2v) is 9.72. The molecule has 0 amide bonds. The molecule has 2 saturated heterocycles. The summed E-state index contributed by atoms with van der Waals surface area (Å²) in [6, 6.07) is 0. The van der Waals surface area contributed by atoms with Gasteiger partial charge in [-0.2, -0.15) is 0 Å². The van der Waals surface area contributed by atoms with Crippen LogP contribution in [0.4, 0.5) is 0 Å². The van der Waals surface area contributed by atoms with Crippen LogP contribution in [0.2, 0.25) is 0 Å². The van der Waals surface area contributed by atoms with Crippen LogP contribution >= 0.6 is 0 Å². The normalized spacial score (nSPS) is 44.3. The molecule has 1 unspecified atom stereocenters. The fraction of sp³-hybridized carbons (Fsp3) is 0.810. The summed E-state index contributed by atoms with van der Waals surface area (Å²) in [7, 11) is 0. The monoisotopic (exact) mass is 378 g/mol. The summed E-state index contributed by atoms with van der Waals surface area (Å²) in [5.74, 6) is -0.878. The number of ether oxygens (including phenoxy) is 3. The maximum atomic E-state index is 12.5. The lowest BCUT2D eigenvalue weighted by Gasteiger charge is -2.60. The summed E-state index contributed by atoms with van der Waals surface area (Å²) in [5, 5.41) is 9.85. The van der Waals surface area contributed by atoms with Gasteiger partial charge in [-0.3, -0.25) is 9.59 Å². The maximum Gasteiger partial charge on any atom is 0.314 e. The van der Waals surface area contributed by atoms with Crippen molar-refractivity contribution >= 4 is 11.9 Å². The summed E-state index contributed by atoms with van der Waals surface area (Å²) in [4.78, 5) is 24.4. The Morgan fingerprint density at radius 1 is 1.41 bits per heavy atom. The number of rotatable bonds is 3. The van der Waals surface area contributed by atoms with Crippen molar-refractivity contribution in [1.29, 1.82) is 0 Å². The van der Waals surface area contributed by atoms with E-state index >= 15 is 0 Å². The Bertz CT molecular complexity index is 697. The summed E-state index contributed by atoms with van der Waals surface area (Å²) >= 11 is 0. The lowest BCUT2D eigenvalue weighted by molar-refractivity contribution is -0.192. The van der Waals surface area contributed by atoms with Crippen molar-refractivity contribution in [3.8, 4) is 0 Å². The maximum absolute atomic E-state index is 12.5. The first-order valence-corrected chi connectivity index (χ1v) is 9.95. The molecule has 3 aliphatic carbocycles. The number of carbonyl (C=O) groups excluding carboxylic acids is 2. The van der Waals surface area contributed by atoms with Crippen molar-refractivity contribution in [2.75, 3.05) is 6.61 Å². The predicted octanol–water partition coefficient (Wildman–Crippen LogP) is 2.59. The molecule has 5 aliphatic rings. The molecular formula is C21H30O6. The zero-order valence-corrected chi connectivity index (χ0v) is 16.6. The second-order valence-electron chi connectivity index (χ2n) is 9.72. The number of aliphatic hydroxyl groups is 1. The van der Waals surface area contributed by atoms with Crippen LogP contribution in [0.1, 0.15) is 53.4 Å². The minimum absolute atomic E-state index is 0.0515. The van der Waals surface area contributed by atoms with Gasteiger partial charge in [0.15, 0.2) is 0 Å². The first kappa shape index (κ1) is 18.9. The molecule has 0 aromatic rings. The Hall–Kier alpha value is -1.40. The molecule has 2 spiro atoms. The van der Waals surface area contributed by atoms with Gasteiger partial charge in [0.1, 0.15) is 6.10 Å². The van der Waals surface area contributed by atoms with Crippen LogP contribution in [0.5, 0.6) is 0 Å². The van der Waals surface area contributed by atoms with Crippen LogP contribution in [0.25, 0.3) is 0 Å². The van der Waals surface area contributed by atoms with E-state index in [2.05, 4.69) is 6.58 Å². The second kappa shape index (κ2) is 5.80. The van der Waals surface area contributed by atoms with E-state index in [0.29, 0.717) is 25.4 Å². The molecule has 27 heavy (non-hydrogen) atoms. The van der Waals surface area contributed by atoms with Crippen molar-refractivity contribution in [2.45, 2.75) is 71.4 Å². The molecule has 0 radical (unpaired) electrons. The minimum Gasteiger partial charge on any atom is -0.457 e. The number of aliphatic hydroxyl groups excluding tert-OH is 1. The third-order valence-electron chi connectivity index (χ3n) is 7.72. The molecule has 6 nitrogen and oxygen atoms in total. The first-order chi connectivity index (χ1) is 12.5. The summed E-state index contributed by atoms with van der Waals surface area (Å²) < 4.78 is 17.4. The highest BCUT2D eigenvalue weighted by molar-refractivity contribution is 5.77. The van der Waals surface area contributed by atoms with Gasteiger partial charge in [0.05, 0.1) is 24.0 Å². The molecular weight excluding hydrogens is 348 g/mol. The van der Waals surface area contributed by atoms with E-state index in [1.165, 1.54) is 0 Å². The van der Waals surface area contributed by atoms with E-state index < -0.39 is 23.3 Å². The van der Waals surface area contributed by atoms with Gasteiger partial charge in [-0.15, -0.1) is 0 Å². The molecule has 3 saturated carbocycles. The van der Waals surface area contributed by atoms with Crippen LogP contribution < -0.4 is 0 Å². The number of hydrogen-bond donors (Lipinski definition) is 1. The van der Waals surface area contributed by atoms with E-state index in [9.17, 15) is 14.7 Å². The van der Waals surface area contributed by atoms with E-state index in [1.54, 1.807) is 20.8 Å². The average Bonchev–Trinajstić information content (AvgIpc) is 3.10. The highest BCUT2D eigenvalue weighted by Gasteiger charge is 2.69. The Morgan fingerprint density at radius 2 is 2.11 bits per heavy atom. The van der Waals surface area contributed by atoms with E-state index in [1.807, 2.05) is 6.92 Å². The van der Waals surface area contributed by atoms with Crippen molar-refractivity contribution in [3.05, 3.63) is 12.2 Å². The van der Waals surface area contributed by atoms with Crippen molar-refractivity contribution in [3.63, 3.8) is 0 Å².